The summed E-state index contributed by atoms with van der Waals surface area (Å²) in [6.45, 7) is 0. The van der Waals surface area contributed by atoms with Gasteiger partial charge in [0.05, 0.1) is 11.2 Å². The number of aromatic amines is 1. The molecular formula is C18H11F2N3OS. The maximum atomic E-state index is 13.4. The lowest BCUT2D eigenvalue weighted by Crippen LogP contribution is -2.12. The van der Waals surface area contributed by atoms with Crippen LogP contribution in [-0.4, -0.2) is 15.9 Å². The fraction of sp³-hybridized carbons (Fsp3) is 0. The van der Waals surface area contributed by atoms with Gasteiger partial charge < -0.3 is 10.3 Å². The van der Waals surface area contributed by atoms with E-state index in [4.69, 9.17) is 0 Å². The van der Waals surface area contributed by atoms with Crippen molar-refractivity contribution >= 4 is 33.8 Å². The summed E-state index contributed by atoms with van der Waals surface area (Å²) >= 11 is 1.36. The van der Waals surface area contributed by atoms with Crippen LogP contribution in [0.15, 0.2) is 54.0 Å². The Balaban J connectivity index is 1.61. The molecule has 2 aromatic carbocycles. The van der Waals surface area contributed by atoms with E-state index in [2.05, 4.69) is 15.3 Å². The van der Waals surface area contributed by atoms with Gasteiger partial charge in [-0.3, -0.25) is 4.79 Å². The van der Waals surface area contributed by atoms with Crippen molar-refractivity contribution in [3.8, 4) is 10.6 Å². The first-order valence-electron chi connectivity index (χ1n) is 7.40. The number of halogens is 2. The van der Waals surface area contributed by atoms with Gasteiger partial charge >= 0.3 is 0 Å². The second-order valence-corrected chi connectivity index (χ2v) is 6.23. The van der Waals surface area contributed by atoms with E-state index in [1.807, 2.05) is 30.3 Å². The van der Waals surface area contributed by atoms with Crippen molar-refractivity contribution in [2.75, 3.05) is 5.32 Å². The van der Waals surface area contributed by atoms with Crippen LogP contribution in [0.5, 0.6) is 0 Å². The summed E-state index contributed by atoms with van der Waals surface area (Å²) in [4.78, 5) is 19.5. The first-order chi connectivity index (χ1) is 12.1. The normalized spacial score (nSPS) is 11.0. The molecule has 0 saturated carbocycles. The lowest BCUT2D eigenvalue weighted by atomic mass is 10.2. The Morgan fingerprint density at radius 3 is 2.68 bits per heavy atom. The van der Waals surface area contributed by atoms with Crippen LogP contribution in [-0.2, 0) is 0 Å². The van der Waals surface area contributed by atoms with Crippen LogP contribution in [0.4, 0.5) is 14.5 Å². The molecule has 0 fully saturated rings. The second-order valence-electron chi connectivity index (χ2n) is 5.37. The zero-order valence-corrected chi connectivity index (χ0v) is 13.5. The summed E-state index contributed by atoms with van der Waals surface area (Å²) < 4.78 is 26.7. The molecule has 0 saturated heterocycles. The lowest BCUT2D eigenvalue weighted by Gasteiger charge is -2.02. The second kappa shape index (κ2) is 6.10. The van der Waals surface area contributed by atoms with E-state index >= 15 is 0 Å². The van der Waals surface area contributed by atoms with Crippen molar-refractivity contribution in [2.24, 2.45) is 0 Å². The molecule has 1 amide bonds. The van der Waals surface area contributed by atoms with Gasteiger partial charge in [-0.2, -0.15) is 0 Å². The highest BCUT2D eigenvalue weighted by Gasteiger charge is 2.15. The van der Waals surface area contributed by atoms with Gasteiger partial charge in [-0.15, -0.1) is 11.3 Å². The molecule has 2 aromatic heterocycles. The Hall–Kier alpha value is -3.06. The molecule has 4 nitrogen and oxygen atoms in total. The highest BCUT2D eigenvalue weighted by Crippen LogP contribution is 2.27. The molecule has 124 valence electrons. The SMILES string of the molecule is O=C(Nc1c[nH]c2cc(F)c(F)cc12)c1csc(-c2ccccc2)n1. The number of carbonyl (C=O) groups excluding carboxylic acids is 1. The number of hydrogen-bond donors (Lipinski definition) is 2. The minimum absolute atomic E-state index is 0.265. The van der Waals surface area contributed by atoms with Gasteiger partial charge in [-0.1, -0.05) is 30.3 Å². The molecule has 0 aliphatic carbocycles. The van der Waals surface area contributed by atoms with Crippen molar-refractivity contribution in [3.05, 3.63) is 71.4 Å². The zero-order chi connectivity index (χ0) is 17.4. The van der Waals surface area contributed by atoms with Gasteiger partial charge in [0, 0.05) is 28.6 Å². The molecule has 4 aromatic rings. The predicted molar refractivity (Wildman–Crippen MR) is 93.7 cm³/mol. The summed E-state index contributed by atoms with van der Waals surface area (Å²) in [6.07, 6.45) is 1.49. The van der Waals surface area contributed by atoms with E-state index in [0.717, 1.165) is 22.7 Å². The molecule has 0 radical (unpaired) electrons. The number of anilines is 1. The first-order valence-corrected chi connectivity index (χ1v) is 8.28. The number of fused-ring (bicyclic) bond motifs is 1. The molecule has 0 aliphatic rings. The van der Waals surface area contributed by atoms with Crippen molar-refractivity contribution < 1.29 is 13.6 Å². The Morgan fingerprint density at radius 1 is 1.12 bits per heavy atom. The Kier molecular flexibility index (Phi) is 3.77. The van der Waals surface area contributed by atoms with Gasteiger partial charge in [0.1, 0.15) is 10.7 Å². The van der Waals surface area contributed by atoms with Crippen LogP contribution in [0.25, 0.3) is 21.5 Å². The standard InChI is InChI=1S/C18H11F2N3OS/c19-12-6-11-14(7-13(12)20)21-8-15(11)22-17(24)16-9-25-18(23-16)10-4-2-1-3-5-10/h1-9,21H,(H,22,24). The molecular weight excluding hydrogens is 344 g/mol. The highest BCUT2D eigenvalue weighted by molar-refractivity contribution is 7.13. The maximum absolute atomic E-state index is 13.4. The zero-order valence-electron chi connectivity index (χ0n) is 12.7. The number of benzene rings is 2. The van der Waals surface area contributed by atoms with Gasteiger partial charge in [-0.05, 0) is 6.07 Å². The molecule has 0 spiro atoms. The van der Waals surface area contributed by atoms with E-state index in [0.29, 0.717) is 16.6 Å². The Bertz CT molecular complexity index is 1070. The van der Waals surface area contributed by atoms with Crippen LogP contribution in [0.2, 0.25) is 0 Å². The minimum Gasteiger partial charge on any atom is -0.359 e. The summed E-state index contributed by atoms with van der Waals surface area (Å²) in [7, 11) is 0. The molecule has 0 bridgehead atoms. The number of rotatable bonds is 3. The summed E-state index contributed by atoms with van der Waals surface area (Å²) in [5, 5.41) is 5.47. The third-order valence-corrected chi connectivity index (χ3v) is 4.62. The van der Waals surface area contributed by atoms with Gasteiger partial charge in [-0.25, -0.2) is 13.8 Å². The monoisotopic (exact) mass is 355 g/mol. The fourth-order valence-electron chi connectivity index (χ4n) is 2.50. The van der Waals surface area contributed by atoms with Crippen LogP contribution in [0, 0.1) is 11.6 Å². The van der Waals surface area contributed by atoms with Gasteiger partial charge in [0.2, 0.25) is 0 Å². The smallest absolute Gasteiger partial charge is 0.275 e. The van der Waals surface area contributed by atoms with Crippen molar-refractivity contribution in [1.29, 1.82) is 0 Å². The highest BCUT2D eigenvalue weighted by atomic mass is 32.1. The molecule has 7 heteroatoms. The third kappa shape index (κ3) is 2.89. The average molecular weight is 355 g/mol. The first kappa shape index (κ1) is 15.5. The van der Waals surface area contributed by atoms with Crippen LogP contribution in [0.3, 0.4) is 0 Å². The number of thiazole rings is 1. The van der Waals surface area contributed by atoms with Crippen molar-refractivity contribution in [2.45, 2.75) is 0 Å². The quantitative estimate of drug-likeness (QED) is 0.553. The summed E-state index contributed by atoms with van der Waals surface area (Å²) in [5.41, 5.74) is 1.96. The van der Waals surface area contributed by atoms with E-state index in [-0.39, 0.29) is 5.69 Å². The van der Waals surface area contributed by atoms with E-state index < -0.39 is 17.5 Å². The molecule has 25 heavy (non-hydrogen) atoms. The number of hydrogen-bond acceptors (Lipinski definition) is 3. The fourth-order valence-corrected chi connectivity index (χ4v) is 3.30. The minimum atomic E-state index is -0.970. The largest absolute Gasteiger partial charge is 0.359 e. The van der Waals surface area contributed by atoms with Crippen LogP contribution >= 0.6 is 11.3 Å². The summed E-state index contributed by atoms with van der Waals surface area (Å²) in [5.74, 6) is -2.33. The number of amides is 1. The number of H-pyrrole nitrogens is 1. The number of nitrogens with one attached hydrogen (secondary N) is 2. The maximum Gasteiger partial charge on any atom is 0.275 e. The molecule has 0 unspecified atom stereocenters. The van der Waals surface area contributed by atoms with Crippen molar-refractivity contribution in [3.63, 3.8) is 0 Å². The molecule has 4 rings (SSSR count). The van der Waals surface area contributed by atoms with Gasteiger partial charge in [0.25, 0.3) is 5.91 Å². The van der Waals surface area contributed by atoms with E-state index in [9.17, 15) is 13.6 Å². The lowest BCUT2D eigenvalue weighted by molar-refractivity contribution is 0.102. The third-order valence-electron chi connectivity index (χ3n) is 3.73. The van der Waals surface area contributed by atoms with Crippen LogP contribution < -0.4 is 5.32 Å². The van der Waals surface area contributed by atoms with E-state index in [1.54, 1.807) is 5.38 Å². The molecule has 0 atom stereocenters. The number of aromatic nitrogens is 2. The Morgan fingerprint density at radius 2 is 1.88 bits per heavy atom. The topological polar surface area (TPSA) is 57.8 Å². The van der Waals surface area contributed by atoms with E-state index in [1.165, 1.54) is 17.5 Å². The number of nitrogens with zero attached hydrogens (tertiary/aromatic N) is 1. The molecule has 2 N–H and O–H groups in total. The van der Waals surface area contributed by atoms with Crippen molar-refractivity contribution in [1.82, 2.24) is 9.97 Å². The molecule has 2 heterocycles. The van der Waals surface area contributed by atoms with Gasteiger partial charge in [0.15, 0.2) is 11.6 Å². The number of carbonyl (C=O) groups is 1. The summed E-state index contributed by atoms with van der Waals surface area (Å²) in [6, 6.07) is 11.6. The average Bonchev–Trinajstić information content (AvgIpc) is 3.25. The predicted octanol–water partition coefficient (Wildman–Crippen LogP) is 4.82. The molecule has 0 aliphatic heterocycles. The Labute approximate surface area is 145 Å². The van der Waals surface area contributed by atoms with Crippen LogP contribution in [0.1, 0.15) is 10.5 Å².